The molecule has 0 saturated heterocycles. The molecule has 9 nitrogen and oxygen atoms in total. The predicted molar refractivity (Wildman–Crippen MR) is 148 cm³/mol. The van der Waals surface area contributed by atoms with E-state index in [-0.39, 0.29) is 60.1 Å². The number of ether oxygens (including phenoxy) is 4. The fourth-order valence-corrected chi connectivity index (χ4v) is 3.34. The van der Waals surface area contributed by atoms with Crippen molar-refractivity contribution in [3.05, 3.63) is 23.8 Å². The third kappa shape index (κ3) is 11.4. The van der Waals surface area contributed by atoms with Gasteiger partial charge in [-0.05, 0) is 49.3 Å². The lowest BCUT2D eigenvalue weighted by Crippen LogP contribution is -2.37. The molecule has 0 aliphatic rings. The number of esters is 4. The van der Waals surface area contributed by atoms with Crippen LogP contribution in [0.4, 0.5) is 0 Å². The Hall–Kier alpha value is -2.94. The Kier molecular flexibility index (Phi) is 14.2. The topological polar surface area (TPSA) is 131 Å². The Balaban J connectivity index is 2.96. The van der Waals surface area contributed by atoms with Gasteiger partial charge in [0.1, 0.15) is 18.8 Å². The molecule has 5 atom stereocenters. The number of carbonyl (C=O) groups is 4. The predicted octanol–water partition coefficient (Wildman–Crippen LogP) is 4.86. The second-order valence-electron chi connectivity index (χ2n) is 11.1. The number of rotatable bonds is 15. The molecule has 0 aliphatic carbocycles. The van der Waals surface area contributed by atoms with Gasteiger partial charge in [0.2, 0.25) is 0 Å². The van der Waals surface area contributed by atoms with Gasteiger partial charge in [0.25, 0.3) is 0 Å². The van der Waals surface area contributed by atoms with Crippen molar-refractivity contribution in [3.63, 3.8) is 0 Å². The summed E-state index contributed by atoms with van der Waals surface area (Å²) in [6, 6.07) is 3.70. The number of nitrogens with two attached hydrogens (primary N) is 1. The molecular weight excluding hydrogens is 502 g/mol. The first-order valence-electron chi connectivity index (χ1n) is 13.9. The van der Waals surface area contributed by atoms with Gasteiger partial charge < -0.3 is 24.7 Å². The maximum absolute atomic E-state index is 12.7. The summed E-state index contributed by atoms with van der Waals surface area (Å²) in [5.41, 5.74) is 6.68. The van der Waals surface area contributed by atoms with Crippen LogP contribution in [0.2, 0.25) is 0 Å². The van der Waals surface area contributed by atoms with Crippen LogP contribution in [0.1, 0.15) is 80.7 Å². The van der Waals surface area contributed by atoms with E-state index in [2.05, 4.69) is 0 Å². The second kappa shape index (κ2) is 16.2. The Morgan fingerprint density at radius 3 is 1.82 bits per heavy atom. The highest BCUT2D eigenvalue weighted by atomic mass is 16.6. The van der Waals surface area contributed by atoms with Crippen LogP contribution in [-0.4, -0.2) is 42.6 Å². The van der Waals surface area contributed by atoms with Crippen molar-refractivity contribution in [2.75, 3.05) is 6.61 Å². The van der Waals surface area contributed by atoms with Crippen LogP contribution in [0.25, 0.3) is 0 Å². The molecule has 0 heterocycles. The van der Waals surface area contributed by atoms with Crippen molar-refractivity contribution >= 4 is 23.9 Å². The van der Waals surface area contributed by atoms with Crippen LogP contribution < -0.4 is 15.2 Å². The molecule has 1 aromatic rings. The number of hydrogen-bond acceptors (Lipinski definition) is 9. The summed E-state index contributed by atoms with van der Waals surface area (Å²) in [5.74, 6) is -2.54. The quantitative estimate of drug-likeness (QED) is 0.241. The average Bonchev–Trinajstić information content (AvgIpc) is 2.87. The van der Waals surface area contributed by atoms with Gasteiger partial charge in [-0.15, -0.1) is 0 Å². The van der Waals surface area contributed by atoms with E-state index < -0.39 is 30.1 Å². The lowest BCUT2D eigenvalue weighted by Gasteiger charge is -2.20. The van der Waals surface area contributed by atoms with Gasteiger partial charge in [0.05, 0.1) is 17.8 Å². The van der Waals surface area contributed by atoms with Crippen molar-refractivity contribution in [3.8, 4) is 11.5 Å². The third-order valence-electron chi connectivity index (χ3n) is 6.83. The van der Waals surface area contributed by atoms with E-state index in [0.29, 0.717) is 5.56 Å². The van der Waals surface area contributed by atoms with Gasteiger partial charge in [-0.3, -0.25) is 19.2 Å². The third-order valence-corrected chi connectivity index (χ3v) is 6.83. The van der Waals surface area contributed by atoms with Crippen LogP contribution in [-0.2, 0) is 35.1 Å². The van der Waals surface area contributed by atoms with Crippen molar-refractivity contribution in [2.45, 2.75) is 93.7 Å². The van der Waals surface area contributed by atoms with Crippen LogP contribution in [0, 0.1) is 29.6 Å². The van der Waals surface area contributed by atoms with Crippen molar-refractivity contribution in [1.29, 1.82) is 0 Å². The van der Waals surface area contributed by atoms with Gasteiger partial charge >= 0.3 is 23.9 Å². The molecule has 1 aromatic carbocycles. The van der Waals surface area contributed by atoms with Crippen LogP contribution in [0.3, 0.4) is 0 Å². The summed E-state index contributed by atoms with van der Waals surface area (Å²) in [7, 11) is 0. The fraction of sp³-hybridized carbons (Fsp3) is 0.667. The Bertz CT molecular complexity index is 974. The zero-order valence-corrected chi connectivity index (χ0v) is 24.9. The highest BCUT2D eigenvalue weighted by molar-refractivity contribution is 5.79. The smallest absolute Gasteiger partial charge is 0.323 e. The van der Waals surface area contributed by atoms with E-state index in [1.54, 1.807) is 39.8 Å². The molecule has 39 heavy (non-hydrogen) atoms. The molecule has 2 N–H and O–H groups in total. The summed E-state index contributed by atoms with van der Waals surface area (Å²) in [4.78, 5) is 49.8. The highest BCUT2D eigenvalue weighted by Gasteiger charge is 2.26. The van der Waals surface area contributed by atoms with E-state index in [1.807, 2.05) is 34.6 Å². The van der Waals surface area contributed by atoms with Crippen molar-refractivity contribution in [1.82, 2.24) is 0 Å². The largest absolute Gasteiger partial charge is 0.462 e. The van der Waals surface area contributed by atoms with Crippen molar-refractivity contribution in [2.24, 2.45) is 35.3 Å². The molecule has 0 fully saturated rings. The zero-order valence-electron chi connectivity index (χ0n) is 24.9. The summed E-state index contributed by atoms with van der Waals surface area (Å²) in [6.07, 6.45) is 1.01. The lowest BCUT2D eigenvalue weighted by molar-refractivity contribution is -0.161. The van der Waals surface area contributed by atoms with E-state index in [0.717, 1.165) is 12.8 Å². The minimum atomic E-state index is -1.02. The summed E-state index contributed by atoms with van der Waals surface area (Å²) in [6.45, 7) is 16.5. The van der Waals surface area contributed by atoms with Crippen LogP contribution in [0.15, 0.2) is 18.2 Å². The molecule has 3 unspecified atom stereocenters. The van der Waals surface area contributed by atoms with E-state index in [4.69, 9.17) is 24.7 Å². The standard InChI is InChI=1S/C30H47NO8/c1-10-11-19(6)27(32)36-16-20(7)37-30(35)24(31)14-23-12-13-25(38-28(33)21(8)17(2)3)26(15-23)39-29(34)22(9)18(4)5/h12-13,15,17-22,24H,10-11,14,16,31H2,1-9H3/t19?,20-,21?,22?,24-/m0/s1. The molecule has 9 heteroatoms. The van der Waals surface area contributed by atoms with Gasteiger partial charge in [-0.2, -0.15) is 0 Å². The van der Waals surface area contributed by atoms with Crippen LogP contribution >= 0.6 is 0 Å². The number of carbonyl (C=O) groups excluding carboxylic acids is 4. The Morgan fingerprint density at radius 2 is 1.31 bits per heavy atom. The van der Waals surface area contributed by atoms with E-state index >= 15 is 0 Å². The summed E-state index contributed by atoms with van der Waals surface area (Å²) in [5, 5.41) is 0. The first-order chi connectivity index (χ1) is 18.2. The normalized spacial score (nSPS) is 15.2. The molecule has 0 bridgehead atoms. The maximum atomic E-state index is 12.7. The number of benzene rings is 1. The summed E-state index contributed by atoms with van der Waals surface area (Å²) >= 11 is 0. The molecule has 220 valence electrons. The molecule has 0 amide bonds. The van der Waals surface area contributed by atoms with E-state index in [1.165, 1.54) is 6.07 Å². The first-order valence-corrected chi connectivity index (χ1v) is 13.9. The SMILES string of the molecule is CCCC(C)C(=O)OC[C@H](C)OC(=O)[C@@H](N)Cc1ccc(OC(=O)C(C)C(C)C)c(OC(=O)C(C)C(C)C)c1. The van der Waals surface area contributed by atoms with Gasteiger partial charge in [0.15, 0.2) is 11.5 Å². The van der Waals surface area contributed by atoms with E-state index in [9.17, 15) is 19.2 Å². The molecule has 1 rings (SSSR count). The van der Waals surface area contributed by atoms with Gasteiger partial charge in [-0.25, -0.2) is 0 Å². The maximum Gasteiger partial charge on any atom is 0.323 e. The van der Waals surface area contributed by atoms with Gasteiger partial charge in [-0.1, -0.05) is 67.9 Å². The van der Waals surface area contributed by atoms with Crippen molar-refractivity contribution < 1.29 is 38.1 Å². The Labute approximate surface area is 233 Å². The molecule has 0 spiro atoms. The molecule has 0 aliphatic heterocycles. The second-order valence-corrected chi connectivity index (χ2v) is 11.1. The monoisotopic (exact) mass is 549 g/mol. The average molecular weight is 550 g/mol. The lowest BCUT2D eigenvalue weighted by atomic mass is 9.98. The minimum absolute atomic E-state index is 0.0481. The summed E-state index contributed by atoms with van der Waals surface area (Å²) < 4.78 is 21.8. The molecule has 0 saturated carbocycles. The highest BCUT2D eigenvalue weighted by Crippen LogP contribution is 2.31. The Morgan fingerprint density at radius 1 is 0.769 bits per heavy atom. The molecule has 0 radical (unpaired) electrons. The van der Waals surface area contributed by atoms with Crippen LogP contribution in [0.5, 0.6) is 11.5 Å². The molecular formula is C30H47NO8. The first kappa shape index (κ1) is 34.1. The number of hydrogen-bond donors (Lipinski definition) is 1. The fourth-order valence-electron chi connectivity index (χ4n) is 3.34. The zero-order chi connectivity index (χ0) is 29.9. The minimum Gasteiger partial charge on any atom is -0.462 e. The van der Waals surface area contributed by atoms with Gasteiger partial charge in [0, 0.05) is 0 Å². The molecule has 0 aromatic heterocycles.